The summed E-state index contributed by atoms with van der Waals surface area (Å²) in [4.78, 5) is 11.4. The molecule has 2 aliphatic rings. The van der Waals surface area contributed by atoms with Crippen molar-refractivity contribution in [3.05, 3.63) is 11.8 Å². The van der Waals surface area contributed by atoms with Gasteiger partial charge in [0.15, 0.2) is 0 Å². The fraction of sp³-hybridized carbons (Fsp3) is 0.812. The van der Waals surface area contributed by atoms with Crippen LogP contribution in [-0.2, 0) is 4.74 Å². The van der Waals surface area contributed by atoms with Crippen molar-refractivity contribution in [2.24, 2.45) is 11.8 Å². The summed E-state index contributed by atoms with van der Waals surface area (Å²) in [6, 6.07) is 0. The number of carbonyl (C=O) groups excluding carboxylic acids is 1. The zero-order valence-corrected chi connectivity index (χ0v) is 13.7. The van der Waals surface area contributed by atoms with E-state index >= 15 is 0 Å². The Labute approximate surface area is 123 Å². The van der Waals surface area contributed by atoms with E-state index in [0.29, 0.717) is 11.8 Å². The molecule has 2 saturated carbocycles. The Morgan fingerprint density at radius 2 is 1.42 bits per heavy atom. The molecule has 0 aliphatic heterocycles. The zero-order chi connectivity index (χ0) is 13.5. The van der Waals surface area contributed by atoms with Crippen molar-refractivity contribution in [1.29, 1.82) is 0 Å². The second kappa shape index (κ2) is 8.11. The predicted molar refractivity (Wildman–Crippen MR) is 79.3 cm³/mol. The van der Waals surface area contributed by atoms with E-state index < -0.39 is 0 Å². The third-order valence-electron chi connectivity index (χ3n) is 4.61. The van der Waals surface area contributed by atoms with Crippen LogP contribution in [0.3, 0.4) is 0 Å². The van der Waals surface area contributed by atoms with Gasteiger partial charge in [-0.1, -0.05) is 0 Å². The van der Waals surface area contributed by atoms with Crippen LogP contribution in [-0.4, -0.2) is 19.8 Å². The van der Waals surface area contributed by atoms with E-state index in [4.69, 9.17) is 4.74 Å². The second-order valence-electron chi connectivity index (χ2n) is 5.86. The fourth-order valence-corrected chi connectivity index (χ4v) is 3.86. The van der Waals surface area contributed by atoms with E-state index in [1.54, 1.807) is 0 Å². The van der Waals surface area contributed by atoms with Gasteiger partial charge in [-0.15, -0.1) is 0 Å². The molecule has 0 aromatic rings. The van der Waals surface area contributed by atoms with Gasteiger partial charge in [0.2, 0.25) is 0 Å². The summed E-state index contributed by atoms with van der Waals surface area (Å²) in [6.45, 7) is 0. The number of ether oxygens (including phenoxy) is 1. The van der Waals surface area contributed by atoms with E-state index in [2.05, 4.69) is 0 Å². The van der Waals surface area contributed by atoms with Crippen molar-refractivity contribution in [2.75, 3.05) is 0 Å². The summed E-state index contributed by atoms with van der Waals surface area (Å²) in [5.74, 6) is 3.30. The Hall–Kier alpha value is -0.271. The zero-order valence-electron chi connectivity index (χ0n) is 12.0. The molecule has 0 aromatic carbocycles. The first-order chi connectivity index (χ1) is 9.31. The molecule has 2 nitrogen and oxygen atoms in total. The molecular formula is C16H26O2Se. The van der Waals surface area contributed by atoms with E-state index in [1.807, 2.05) is 12.1 Å². The molecular weight excluding hydrogens is 303 g/mol. The van der Waals surface area contributed by atoms with Crippen LogP contribution in [0.4, 0.5) is 4.79 Å². The predicted octanol–water partition coefficient (Wildman–Crippen LogP) is 4.92. The van der Waals surface area contributed by atoms with Crippen LogP contribution in [0, 0.1) is 11.8 Å². The molecule has 0 amide bonds. The molecule has 19 heavy (non-hydrogen) atoms. The number of hydrogen-bond acceptors (Lipinski definition) is 2. The van der Waals surface area contributed by atoms with Crippen LogP contribution in [0.25, 0.3) is 0 Å². The summed E-state index contributed by atoms with van der Waals surface area (Å²) >= 11 is -0.0409. The van der Waals surface area contributed by atoms with Gasteiger partial charge < -0.3 is 0 Å². The van der Waals surface area contributed by atoms with Crippen LogP contribution in [0.2, 0.25) is 5.82 Å². The second-order valence-corrected chi connectivity index (χ2v) is 7.42. The number of allylic oxidation sites excluding steroid dienone is 1. The first kappa shape index (κ1) is 15.1. The minimum atomic E-state index is -0.0409. The number of hydrogen-bond donors (Lipinski definition) is 0. The Morgan fingerprint density at radius 1 is 0.947 bits per heavy atom. The molecule has 0 aromatic heterocycles. The van der Waals surface area contributed by atoms with Gasteiger partial charge >= 0.3 is 123 Å². The van der Waals surface area contributed by atoms with Gasteiger partial charge in [-0.3, -0.25) is 0 Å². The summed E-state index contributed by atoms with van der Waals surface area (Å²) in [6.07, 6.45) is 15.2. The quantitative estimate of drug-likeness (QED) is 0.540. The Balaban J connectivity index is 2.04. The third-order valence-corrected chi connectivity index (χ3v) is 5.51. The van der Waals surface area contributed by atoms with Crippen LogP contribution < -0.4 is 0 Å². The van der Waals surface area contributed by atoms with Gasteiger partial charge in [0.25, 0.3) is 0 Å². The molecule has 0 spiro atoms. The summed E-state index contributed by atoms with van der Waals surface area (Å²) in [5.41, 5.74) is 1.47. The van der Waals surface area contributed by atoms with Gasteiger partial charge in [0.05, 0.1) is 0 Å². The van der Waals surface area contributed by atoms with Crippen LogP contribution in [0.1, 0.15) is 64.2 Å². The van der Waals surface area contributed by atoms with Gasteiger partial charge in [-0.05, 0) is 0 Å². The van der Waals surface area contributed by atoms with Gasteiger partial charge in [0, 0.05) is 0 Å². The SMILES string of the molecule is C[Se]C(=O)OC=C(C1CCCCC1)C1CCCCC1. The normalized spacial score (nSPS) is 21.9. The molecule has 0 radical (unpaired) electrons. The monoisotopic (exact) mass is 330 g/mol. The van der Waals surface area contributed by atoms with Crippen molar-refractivity contribution in [2.45, 2.75) is 70.0 Å². The van der Waals surface area contributed by atoms with Crippen molar-refractivity contribution in [1.82, 2.24) is 0 Å². The van der Waals surface area contributed by atoms with Crippen LogP contribution in [0.15, 0.2) is 11.8 Å². The molecule has 2 fully saturated rings. The van der Waals surface area contributed by atoms with Crippen molar-refractivity contribution < 1.29 is 9.53 Å². The molecule has 0 bridgehead atoms. The van der Waals surface area contributed by atoms with E-state index in [9.17, 15) is 4.79 Å². The molecule has 0 N–H and O–H groups in total. The van der Waals surface area contributed by atoms with Gasteiger partial charge in [-0.25, -0.2) is 0 Å². The van der Waals surface area contributed by atoms with Crippen LogP contribution >= 0.6 is 0 Å². The molecule has 3 heteroatoms. The first-order valence-corrected chi connectivity index (χ1v) is 10.3. The Morgan fingerprint density at radius 3 is 1.84 bits per heavy atom. The Kier molecular flexibility index (Phi) is 6.46. The molecule has 0 unspecified atom stereocenters. The van der Waals surface area contributed by atoms with E-state index in [1.165, 1.54) is 69.8 Å². The average molecular weight is 329 g/mol. The van der Waals surface area contributed by atoms with Crippen molar-refractivity contribution >= 4 is 19.8 Å². The minimum absolute atomic E-state index is 0.0309. The van der Waals surface area contributed by atoms with Crippen molar-refractivity contribution in [3.8, 4) is 0 Å². The molecule has 0 atom stereocenters. The average Bonchev–Trinajstić information content (AvgIpc) is 2.49. The van der Waals surface area contributed by atoms with E-state index in [-0.39, 0.29) is 19.8 Å². The Bertz CT molecular complexity index is 293. The molecule has 2 aliphatic carbocycles. The number of rotatable bonds is 4. The van der Waals surface area contributed by atoms with E-state index in [0.717, 1.165) is 0 Å². The standard InChI is InChI=1S/C16H26O2Se/c1-19-16(17)18-12-15(13-8-4-2-5-9-13)14-10-6-3-7-11-14/h12-14H,2-11H2,1H3. The van der Waals surface area contributed by atoms with Crippen molar-refractivity contribution in [3.63, 3.8) is 0 Å². The first-order valence-electron chi connectivity index (χ1n) is 7.76. The summed E-state index contributed by atoms with van der Waals surface area (Å²) < 4.78 is 5.39. The third kappa shape index (κ3) is 4.65. The maximum absolute atomic E-state index is 11.4. The molecule has 0 saturated heterocycles. The molecule has 108 valence electrons. The van der Waals surface area contributed by atoms with Crippen LogP contribution in [0.5, 0.6) is 0 Å². The topological polar surface area (TPSA) is 26.3 Å². The molecule has 0 heterocycles. The van der Waals surface area contributed by atoms with Gasteiger partial charge in [0.1, 0.15) is 0 Å². The number of carbonyl (C=O) groups is 1. The summed E-state index contributed by atoms with van der Waals surface area (Å²) in [5, 5.41) is 0. The summed E-state index contributed by atoms with van der Waals surface area (Å²) in [7, 11) is 0. The molecule has 2 rings (SSSR count). The fourth-order valence-electron chi connectivity index (χ4n) is 3.56. The maximum atomic E-state index is 11.4. The van der Waals surface area contributed by atoms with Gasteiger partial charge in [-0.2, -0.15) is 0 Å².